The number of hydrogen-bond acceptors (Lipinski definition) is 4. The highest BCUT2D eigenvalue weighted by atomic mass is 35.5. The Balaban J connectivity index is 0.00000180. The molecular formula is C13H19ClN2O3. The van der Waals surface area contributed by atoms with Gasteiger partial charge in [-0.15, -0.1) is 12.4 Å². The van der Waals surface area contributed by atoms with Gasteiger partial charge in [0.05, 0.1) is 4.92 Å². The minimum Gasteiger partial charge on any atom is -0.502 e. The molecule has 0 aromatic heterocycles. The summed E-state index contributed by atoms with van der Waals surface area (Å²) in [5.41, 5.74) is 6.66. The summed E-state index contributed by atoms with van der Waals surface area (Å²) >= 11 is 0. The Labute approximate surface area is 118 Å². The predicted octanol–water partition coefficient (Wildman–Crippen LogP) is 3.30. The van der Waals surface area contributed by atoms with Crippen LogP contribution in [0.1, 0.15) is 43.7 Å². The highest BCUT2D eigenvalue weighted by Crippen LogP contribution is 2.35. The predicted molar refractivity (Wildman–Crippen MR) is 75.5 cm³/mol. The topological polar surface area (TPSA) is 89.4 Å². The summed E-state index contributed by atoms with van der Waals surface area (Å²) in [6.07, 6.45) is 5.77. The zero-order valence-corrected chi connectivity index (χ0v) is 11.4. The van der Waals surface area contributed by atoms with E-state index in [-0.39, 0.29) is 29.9 Å². The molecule has 0 unspecified atom stereocenters. The van der Waals surface area contributed by atoms with Gasteiger partial charge in [0.25, 0.3) is 0 Å². The van der Waals surface area contributed by atoms with Crippen molar-refractivity contribution < 1.29 is 10.0 Å². The Kier molecular flexibility index (Phi) is 5.57. The number of aromatic hydroxyl groups is 1. The fourth-order valence-electron chi connectivity index (χ4n) is 2.66. The first-order valence-electron chi connectivity index (χ1n) is 6.32. The Bertz CT molecular complexity index is 448. The molecule has 3 N–H and O–H groups in total. The van der Waals surface area contributed by atoms with Gasteiger partial charge in [0.1, 0.15) is 0 Å². The lowest BCUT2D eigenvalue weighted by atomic mass is 9.81. The molecule has 1 fully saturated rings. The van der Waals surface area contributed by atoms with Crippen LogP contribution in [0.3, 0.4) is 0 Å². The molecular weight excluding hydrogens is 268 g/mol. The SMILES string of the molecule is Cl.N[C@@H](c1ccc(O)c([N+](=O)[O-])c1)C1CCCCC1. The van der Waals surface area contributed by atoms with Gasteiger partial charge in [0.15, 0.2) is 5.75 Å². The molecule has 19 heavy (non-hydrogen) atoms. The number of nitrogens with zero attached hydrogens (tertiary/aromatic N) is 1. The van der Waals surface area contributed by atoms with Gasteiger partial charge < -0.3 is 10.8 Å². The molecule has 0 heterocycles. The van der Waals surface area contributed by atoms with E-state index in [1.165, 1.54) is 31.4 Å². The molecule has 1 atom stereocenters. The summed E-state index contributed by atoms with van der Waals surface area (Å²) in [5.74, 6) is 0.0856. The van der Waals surface area contributed by atoms with Crippen LogP contribution >= 0.6 is 12.4 Å². The van der Waals surface area contributed by atoms with Gasteiger partial charge in [-0.1, -0.05) is 25.3 Å². The first kappa shape index (κ1) is 15.7. The van der Waals surface area contributed by atoms with Crippen LogP contribution in [-0.4, -0.2) is 10.0 Å². The smallest absolute Gasteiger partial charge is 0.311 e. The first-order valence-corrected chi connectivity index (χ1v) is 6.32. The van der Waals surface area contributed by atoms with E-state index in [2.05, 4.69) is 0 Å². The molecule has 1 aromatic carbocycles. The van der Waals surface area contributed by atoms with Crippen molar-refractivity contribution in [3.05, 3.63) is 33.9 Å². The maximum atomic E-state index is 10.8. The number of rotatable bonds is 3. The van der Waals surface area contributed by atoms with Crippen LogP contribution in [-0.2, 0) is 0 Å². The van der Waals surface area contributed by atoms with E-state index in [9.17, 15) is 15.2 Å². The van der Waals surface area contributed by atoms with E-state index in [0.29, 0.717) is 5.92 Å². The third-order valence-electron chi connectivity index (χ3n) is 3.74. The van der Waals surface area contributed by atoms with Crippen molar-refractivity contribution >= 4 is 18.1 Å². The highest BCUT2D eigenvalue weighted by Gasteiger charge is 2.24. The quantitative estimate of drug-likeness (QED) is 0.659. The summed E-state index contributed by atoms with van der Waals surface area (Å²) in [4.78, 5) is 10.2. The number of hydrogen-bond donors (Lipinski definition) is 2. The van der Waals surface area contributed by atoms with Gasteiger partial charge in [-0.3, -0.25) is 10.1 Å². The van der Waals surface area contributed by atoms with E-state index in [1.54, 1.807) is 6.07 Å². The Hall–Kier alpha value is -1.33. The van der Waals surface area contributed by atoms with E-state index in [4.69, 9.17) is 5.73 Å². The Morgan fingerprint density at radius 3 is 2.53 bits per heavy atom. The van der Waals surface area contributed by atoms with Crippen molar-refractivity contribution in [3.8, 4) is 5.75 Å². The van der Waals surface area contributed by atoms with Crippen molar-refractivity contribution in [2.75, 3.05) is 0 Å². The normalized spacial score (nSPS) is 17.5. The standard InChI is InChI=1S/C13H18N2O3.ClH/c14-13(9-4-2-1-3-5-9)10-6-7-12(16)11(8-10)15(17)18;/h6-9,13,16H,1-5,14H2;1H/t13-;/m1./s1. The summed E-state index contributed by atoms with van der Waals surface area (Å²) in [5, 5.41) is 20.2. The molecule has 2 rings (SSSR count). The van der Waals surface area contributed by atoms with Crippen LogP contribution < -0.4 is 5.73 Å². The summed E-state index contributed by atoms with van der Waals surface area (Å²) < 4.78 is 0. The monoisotopic (exact) mass is 286 g/mol. The molecule has 0 aliphatic heterocycles. The van der Waals surface area contributed by atoms with Gasteiger partial charge in [0.2, 0.25) is 0 Å². The van der Waals surface area contributed by atoms with Crippen LogP contribution in [0.4, 0.5) is 5.69 Å². The molecule has 5 nitrogen and oxygen atoms in total. The Morgan fingerprint density at radius 1 is 1.32 bits per heavy atom. The third-order valence-corrected chi connectivity index (χ3v) is 3.74. The minimum absolute atomic E-state index is 0. The van der Waals surface area contributed by atoms with Crippen molar-refractivity contribution in [2.24, 2.45) is 11.7 Å². The first-order chi connectivity index (χ1) is 8.59. The average molecular weight is 287 g/mol. The molecule has 0 saturated heterocycles. The fourth-order valence-corrected chi connectivity index (χ4v) is 2.66. The van der Waals surface area contributed by atoms with Gasteiger partial charge in [-0.05, 0) is 30.4 Å². The molecule has 0 radical (unpaired) electrons. The van der Waals surface area contributed by atoms with Crippen molar-refractivity contribution in [3.63, 3.8) is 0 Å². The summed E-state index contributed by atoms with van der Waals surface area (Å²) in [7, 11) is 0. The lowest BCUT2D eigenvalue weighted by Crippen LogP contribution is -2.23. The second kappa shape index (κ2) is 6.73. The van der Waals surface area contributed by atoms with Crippen molar-refractivity contribution in [1.29, 1.82) is 0 Å². The molecule has 1 saturated carbocycles. The van der Waals surface area contributed by atoms with Gasteiger partial charge in [0, 0.05) is 12.1 Å². The molecule has 1 aliphatic carbocycles. The van der Waals surface area contributed by atoms with Crippen LogP contribution in [0.15, 0.2) is 18.2 Å². The van der Waals surface area contributed by atoms with Gasteiger partial charge in [-0.25, -0.2) is 0 Å². The van der Waals surface area contributed by atoms with Gasteiger partial charge in [-0.2, -0.15) is 0 Å². The van der Waals surface area contributed by atoms with Crippen LogP contribution in [0, 0.1) is 16.0 Å². The number of benzene rings is 1. The Morgan fingerprint density at radius 2 is 1.95 bits per heavy atom. The van der Waals surface area contributed by atoms with Crippen LogP contribution in [0.25, 0.3) is 0 Å². The number of phenolic OH excluding ortho intramolecular Hbond substituents is 1. The number of nitrogens with two attached hydrogens (primary N) is 1. The lowest BCUT2D eigenvalue weighted by Gasteiger charge is -2.27. The molecule has 106 valence electrons. The maximum Gasteiger partial charge on any atom is 0.311 e. The van der Waals surface area contributed by atoms with Crippen LogP contribution in [0.2, 0.25) is 0 Å². The maximum absolute atomic E-state index is 10.8. The molecule has 1 aliphatic rings. The van der Waals surface area contributed by atoms with E-state index in [0.717, 1.165) is 18.4 Å². The summed E-state index contributed by atoms with van der Waals surface area (Å²) in [6.45, 7) is 0. The average Bonchev–Trinajstić information content (AvgIpc) is 2.39. The number of nitro groups is 1. The molecule has 1 aromatic rings. The largest absolute Gasteiger partial charge is 0.502 e. The third kappa shape index (κ3) is 3.58. The lowest BCUT2D eigenvalue weighted by molar-refractivity contribution is -0.385. The number of nitro benzene ring substituents is 1. The van der Waals surface area contributed by atoms with E-state index in [1.807, 2.05) is 0 Å². The molecule has 0 bridgehead atoms. The van der Waals surface area contributed by atoms with Crippen molar-refractivity contribution in [1.82, 2.24) is 0 Å². The van der Waals surface area contributed by atoms with Gasteiger partial charge >= 0.3 is 5.69 Å². The summed E-state index contributed by atoms with van der Waals surface area (Å²) in [6, 6.07) is 4.26. The zero-order valence-electron chi connectivity index (χ0n) is 10.6. The second-order valence-electron chi connectivity index (χ2n) is 4.93. The molecule has 0 amide bonds. The van der Waals surface area contributed by atoms with E-state index < -0.39 is 4.92 Å². The number of halogens is 1. The fraction of sp³-hybridized carbons (Fsp3) is 0.538. The molecule has 6 heteroatoms. The molecule has 0 spiro atoms. The number of phenols is 1. The van der Waals surface area contributed by atoms with Crippen molar-refractivity contribution in [2.45, 2.75) is 38.1 Å². The van der Waals surface area contributed by atoms with Crippen LogP contribution in [0.5, 0.6) is 5.75 Å². The zero-order chi connectivity index (χ0) is 13.1. The second-order valence-corrected chi connectivity index (χ2v) is 4.93. The van der Waals surface area contributed by atoms with E-state index >= 15 is 0 Å². The highest BCUT2D eigenvalue weighted by molar-refractivity contribution is 5.85. The minimum atomic E-state index is -0.577.